The quantitative estimate of drug-likeness (QED) is 0.632. The molecule has 1 rings (SSSR count). The molecular formula is C12H26N2O2. The minimum absolute atomic E-state index is 0.104. The lowest BCUT2D eigenvalue weighted by atomic mass is 10.2. The maximum Gasteiger partial charge on any atom is 0.169 e. The number of hydrogen-bond donors (Lipinski definition) is 1. The second kappa shape index (κ2) is 8.01. The molecular weight excluding hydrogens is 204 g/mol. The van der Waals surface area contributed by atoms with Crippen molar-refractivity contribution in [1.29, 1.82) is 0 Å². The van der Waals surface area contributed by atoms with Crippen molar-refractivity contribution in [3.63, 3.8) is 0 Å². The van der Waals surface area contributed by atoms with Crippen LogP contribution in [0.15, 0.2) is 0 Å². The highest BCUT2D eigenvalue weighted by molar-refractivity contribution is 4.78. The molecule has 96 valence electrons. The molecule has 16 heavy (non-hydrogen) atoms. The number of methoxy groups -OCH3 is 2. The molecule has 1 fully saturated rings. The van der Waals surface area contributed by atoms with Gasteiger partial charge in [-0.15, -0.1) is 0 Å². The van der Waals surface area contributed by atoms with Gasteiger partial charge in [-0.05, 0) is 32.4 Å². The summed E-state index contributed by atoms with van der Waals surface area (Å²) >= 11 is 0. The van der Waals surface area contributed by atoms with Crippen molar-refractivity contribution in [2.45, 2.75) is 38.5 Å². The van der Waals surface area contributed by atoms with Gasteiger partial charge in [-0.25, -0.2) is 0 Å². The molecule has 1 aliphatic rings. The molecule has 1 atom stereocenters. The summed E-state index contributed by atoms with van der Waals surface area (Å²) in [6.45, 7) is 6.46. The summed E-state index contributed by atoms with van der Waals surface area (Å²) in [5, 5.41) is 3.53. The van der Waals surface area contributed by atoms with Crippen LogP contribution in [-0.4, -0.2) is 57.6 Å². The smallest absolute Gasteiger partial charge is 0.169 e. The molecule has 4 heteroatoms. The molecule has 0 aliphatic carbocycles. The maximum atomic E-state index is 5.26. The van der Waals surface area contributed by atoms with Gasteiger partial charge in [0.25, 0.3) is 0 Å². The first kappa shape index (κ1) is 13.9. The van der Waals surface area contributed by atoms with Gasteiger partial charge in [0.2, 0.25) is 0 Å². The molecule has 0 spiro atoms. The third-order valence-corrected chi connectivity index (χ3v) is 3.11. The minimum Gasteiger partial charge on any atom is -0.355 e. The SMILES string of the molecule is CCCN(CC1CCCN1)CC(OC)OC. The van der Waals surface area contributed by atoms with Crippen LogP contribution in [0.5, 0.6) is 0 Å². The van der Waals surface area contributed by atoms with E-state index in [0.717, 1.165) is 19.6 Å². The van der Waals surface area contributed by atoms with Crippen molar-refractivity contribution >= 4 is 0 Å². The van der Waals surface area contributed by atoms with Crippen molar-refractivity contribution in [3.05, 3.63) is 0 Å². The van der Waals surface area contributed by atoms with Crippen molar-refractivity contribution in [3.8, 4) is 0 Å². The van der Waals surface area contributed by atoms with E-state index in [4.69, 9.17) is 9.47 Å². The van der Waals surface area contributed by atoms with Crippen LogP contribution in [0.4, 0.5) is 0 Å². The number of ether oxygens (including phenoxy) is 2. The van der Waals surface area contributed by atoms with Crippen LogP contribution in [0.3, 0.4) is 0 Å². The third-order valence-electron chi connectivity index (χ3n) is 3.11. The molecule has 1 heterocycles. The molecule has 0 saturated carbocycles. The fourth-order valence-corrected chi connectivity index (χ4v) is 2.25. The van der Waals surface area contributed by atoms with E-state index in [9.17, 15) is 0 Å². The second-order valence-electron chi connectivity index (χ2n) is 4.45. The minimum atomic E-state index is -0.104. The fourth-order valence-electron chi connectivity index (χ4n) is 2.25. The summed E-state index contributed by atoms with van der Waals surface area (Å²) in [7, 11) is 3.40. The monoisotopic (exact) mass is 230 g/mol. The predicted molar refractivity (Wildman–Crippen MR) is 65.6 cm³/mol. The van der Waals surface area contributed by atoms with Gasteiger partial charge in [-0.3, -0.25) is 4.90 Å². The predicted octanol–water partition coefficient (Wildman–Crippen LogP) is 1.07. The summed E-state index contributed by atoms with van der Waals surface area (Å²) in [6, 6.07) is 0.654. The van der Waals surface area contributed by atoms with E-state index >= 15 is 0 Å². The van der Waals surface area contributed by atoms with E-state index < -0.39 is 0 Å². The molecule has 0 radical (unpaired) electrons. The molecule has 1 N–H and O–H groups in total. The first-order valence-corrected chi connectivity index (χ1v) is 6.31. The molecule has 0 amide bonds. The van der Waals surface area contributed by atoms with E-state index in [2.05, 4.69) is 17.1 Å². The average molecular weight is 230 g/mol. The zero-order valence-electron chi connectivity index (χ0n) is 10.9. The second-order valence-corrected chi connectivity index (χ2v) is 4.45. The maximum absolute atomic E-state index is 5.26. The van der Waals surface area contributed by atoms with Crippen molar-refractivity contribution in [1.82, 2.24) is 10.2 Å². The van der Waals surface area contributed by atoms with Gasteiger partial charge in [0.1, 0.15) is 0 Å². The third kappa shape index (κ3) is 4.78. The largest absolute Gasteiger partial charge is 0.355 e. The fraction of sp³-hybridized carbons (Fsp3) is 1.00. The highest BCUT2D eigenvalue weighted by Gasteiger charge is 2.19. The topological polar surface area (TPSA) is 33.7 Å². The van der Waals surface area contributed by atoms with Gasteiger partial charge in [-0.2, -0.15) is 0 Å². The lowest BCUT2D eigenvalue weighted by molar-refractivity contribution is -0.116. The Bertz CT molecular complexity index is 164. The number of rotatable bonds is 8. The van der Waals surface area contributed by atoms with E-state index in [-0.39, 0.29) is 6.29 Å². The zero-order valence-corrected chi connectivity index (χ0v) is 10.9. The van der Waals surface area contributed by atoms with Gasteiger partial charge in [0.05, 0.1) is 0 Å². The Balaban J connectivity index is 2.32. The van der Waals surface area contributed by atoms with Crippen LogP contribution in [0.25, 0.3) is 0 Å². The van der Waals surface area contributed by atoms with E-state index in [1.165, 1.54) is 25.8 Å². The summed E-state index contributed by atoms with van der Waals surface area (Å²) in [4.78, 5) is 2.43. The van der Waals surface area contributed by atoms with Crippen LogP contribution in [0, 0.1) is 0 Å². The molecule has 4 nitrogen and oxygen atoms in total. The molecule has 1 aliphatic heterocycles. The molecule has 0 aromatic rings. The molecule has 1 unspecified atom stereocenters. The molecule has 1 saturated heterocycles. The highest BCUT2D eigenvalue weighted by atomic mass is 16.7. The lowest BCUT2D eigenvalue weighted by Crippen LogP contribution is -2.42. The summed E-state index contributed by atoms with van der Waals surface area (Å²) in [5.41, 5.74) is 0. The van der Waals surface area contributed by atoms with Crippen LogP contribution < -0.4 is 5.32 Å². The molecule has 0 bridgehead atoms. The van der Waals surface area contributed by atoms with E-state index in [0.29, 0.717) is 6.04 Å². The first-order chi connectivity index (χ1) is 7.80. The zero-order chi connectivity index (χ0) is 11.8. The highest BCUT2D eigenvalue weighted by Crippen LogP contribution is 2.08. The van der Waals surface area contributed by atoms with Crippen molar-refractivity contribution < 1.29 is 9.47 Å². The van der Waals surface area contributed by atoms with Gasteiger partial charge < -0.3 is 14.8 Å². The average Bonchev–Trinajstić information content (AvgIpc) is 2.78. The first-order valence-electron chi connectivity index (χ1n) is 6.31. The van der Waals surface area contributed by atoms with Crippen LogP contribution in [0.1, 0.15) is 26.2 Å². The number of nitrogens with one attached hydrogen (secondary N) is 1. The van der Waals surface area contributed by atoms with E-state index in [1.807, 2.05) is 0 Å². The Morgan fingerprint density at radius 1 is 1.38 bits per heavy atom. The Labute approximate surface area is 99.3 Å². The normalized spacial score (nSPS) is 21.2. The van der Waals surface area contributed by atoms with Crippen LogP contribution in [0.2, 0.25) is 0 Å². The Hall–Kier alpha value is -0.160. The number of nitrogens with zero attached hydrogens (tertiary/aromatic N) is 1. The standard InChI is InChI=1S/C12H26N2O2/c1-4-8-14(10-12(15-2)16-3)9-11-6-5-7-13-11/h11-13H,4-10H2,1-3H3. The number of hydrogen-bond acceptors (Lipinski definition) is 4. The summed E-state index contributed by atoms with van der Waals surface area (Å²) in [6.07, 6.45) is 3.67. The summed E-state index contributed by atoms with van der Waals surface area (Å²) < 4.78 is 10.5. The van der Waals surface area contributed by atoms with Crippen LogP contribution in [-0.2, 0) is 9.47 Å². The lowest BCUT2D eigenvalue weighted by Gasteiger charge is -2.28. The van der Waals surface area contributed by atoms with Gasteiger partial charge in [0.15, 0.2) is 6.29 Å². The van der Waals surface area contributed by atoms with Crippen LogP contribution >= 0.6 is 0 Å². The molecule has 0 aromatic carbocycles. The van der Waals surface area contributed by atoms with Crippen molar-refractivity contribution in [2.75, 3.05) is 40.4 Å². The Morgan fingerprint density at radius 2 is 2.12 bits per heavy atom. The van der Waals surface area contributed by atoms with Gasteiger partial charge in [-0.1, -0.05) is 6.92 Å². The van der Waals surface area contributed by atoms with Crippen molar-refractivity contribution in [2.24, 2.45) is 0 Å². The summed E-state index contributed by atoms with van der Waals surface area (Å²) in [5.74, 6) is 0. The Morgan fingerprint density at radius 3 is 2.62 bits per heavy atom. The molecule has 0 aromatic heterocycles. The van der Waals surface area contributed by atoms with E-state index in [1.54, 1.807) is 14.2 Å². The van der Waals surface area contributed by atoms with Gasteiger partial charge >= 0.3 is 0 Å². The van der Waals surface area contributed by atoms with Gasteiger partial charge in [0, 0.05) is 33.4 Å². The Kier molecular flexibility index (Phi) is 6.96.